The van der Waals surface area contributed by atoms with Gasteiger partial charge in [-0.3, -0.25) is 4.57 Å². The van der Waals surface area contributed by atoms with Crippen LogP contribution in [0.15, 0.2) is 0 Å². The highest BCUT2D eigenvalue weighted by molar-refractivity contribution is 8.54. The van der Waals surface area contributed by atoms with Crippen LogP contribution in [0.25, 0.3) is 0 Å². The van der Waals surface area contributed by atoms with E-state index in [9.17, 15) is 14.6 Å². The Hall–Kier alpha value is 0.340. The molecular formula is C19H36O7PS-. The van der Waals surface area contributed by atoms with Gasteiger partial charge in [-0.25, -0.2) is 0 Å². The molecule has 2 rings (SSSR count). The molecule has 1 saturated heterocycles. The lowest BCUT2D eigenvalue weighted by Crippen LogP contribution is -2.32. The Morgan fingerprint density at radius 3 is 2.46 bits per heavy atom. The Morgan fingerprint density at radius 2 is 1.86 bits per heavy atom. The van der Waals surface area contributed by atoms with E-state index in [-0.39, 0.29) is 54.2 Å². The molecule has 9 heteroatoms. The van der Waals surface area contributed by atoms with Crippen LogP contribution in [-0.4, -0.2) is 60.2 Å². The smallest absolute Gasteiger partial charge is 0.192 e. The van der Waals surface area contributed by atoms with E-state index in [1.807, 2.05) is 41.5 Å². The molecule has 7 nitrogen and oxygen atoms in total. The molecule has 1 saturated carbocycles. The maximum absolute atomic E-state index is 12.6. The van der Waals surface area contributed by atoms with Crippen LogP contribution in [0.1, 0.15) is 54.4 Å². The van der Waals surface area contributed by atoms with Crippen LogP contribution < -0.4 is 4.89 Å². The summed E-state index contributed by atoms with van der Waals surface area (Å²) in [5, 5.41) is 10.2. The maximum Gasteiger partial charge on any atom is 0.192 e. The Morgan fingerprint density at radius 1 is 1.18 bits per heavy atom. The van der Waals surface area contributed by atoms with Crippen molar-refractivity contribution < 1.29 is 33.3 Å². The van der Waals surface area contributed by atoms with Crippen molar-refractivity contribution >= 4 is 18.2 Å². The second kappa shape index (κ2) is 10.6. The van der Waals surface area contributed by atoms with Crippen molar-refractivity contribution in [2.45, 2.75) is 96.3 Å². The molecule has 1 aliphatic carbocycles. The van der Waals surface area contributed by atoms with Gasteiger partial charge in [0.2, 0.25) is 0 Å². The van der Waals surface area contributed by atoms with Crippen molar-refractivity contribution in [3.8, 4) is 0 Å². The van der Waals surface area contributed by atoms with Gasteiger partial charge in [0, 0.05) is 11.2 Å². The van der Waals surface area contributed by atoms with E-state index in [4.69, 9.17) is 18.7 Å². The summed E-state index contributed by atoms with van der Waals surface area (Å²) >= 11 is 0.824. The van der Waals surface area contributed by atoms with Gasteiger partial charge in [-0.2, -0.15) is 0 Å². The Balaban J connectivity index is 1.92. The fourth-order valence-electron chi connectivity index (χ4n) is 3.87. The number of aliphatic hydroxyl groups excluding tert-OH is 1. The van der Waals surface area contributed by atoms with Crippen LogP contribution in [0.5, 0.6) is 0 Å². The first-order valence-electron chi connectivity index (χ1n) is 10.2. The molecule has 2 fully saturated rings. The minimum absolute atomic E-state index is 0.0114. The Bertz CT molecular complexity index is 530. The topological polar surface area (TPSA) is 97.3 Å². The van der Waals surface area contributed by atoms with Gasteiger partial charge in [-0.1, -0.05) is 18.3 Å². The minimum Gasteiger partial charge on any atom is -0.770 e. The number of ether oxygens (including phenoxy) is 3. The molecule has 0 radical (unpaired) electrons. The third-order valence-corrected chi connectivity index (χ3v) is 8.61. The highest BCUT2D eigenvalue weighted by Gasteiger charge is 2.42. The summed E-state index contributed by atoms with van der Waals surface area (Å²) in [7, 11) is 0. The Kier molecular flexibility index (Phi) is 9.30. The zero-order valence-corrected chi connectivity index (χ0v) is 19.5. The van der Waals surface area contributed by atoms with E-state index < -0.39 is 12.9 Å². The summed E-state index contributed by atoms with van der Waals surface area (Å²) < 4.78 is 35.3. The average molecular weight is 440 g/mol. The molecule has 166 valence electrons. The zero-order valence-electron chi connectivity index (χ0n) is 17.8. The van der Waals surface area contributed by atoms with E-state index in [2.05, 4.69) is 0 Å². The van der Waals surface area contributed by atoms with Gasteiger partial charge < -0.3 is 28.7 Å². The number of rotatable bonds is 10. The first-order chi connectivity index (χ1) is 13.0. The molecule has 0 aromatic heterocycles. The normalized spacial score (nSPS) is 38.4. The van der Waals surface area contributed by atoms with Crippen LogP contribution >= 0.6 is 18.2 Å². The molecule has 0 aromatic rings. The van der Waals surface area contributed by atoms with Gasteiger partial charge in [0.05, 0.1) is 49.8 Å². The second-order valence-electron chi connectivity index (χ2n) is 8.58. The molecule has 0 aromatic carbocycles. The van der Waals surface area contributed by atoms with Gasteiger partial charge in [-0.05, 0) is 53.4 Å². The number of aliphatic hydroxyl groups is 1. The van der Waals surface area contributed by atoms with Crippen molar-refractivity contribution in [2.75, 3.05) is 13.2 Å². The molecule has 2 aliphatic rings. The standard InChI is InChI=1S/C19H37O7PS/c1-11(2)23-10-17-18(8-14(6)26-17)28-27(21,22)24-9-15-16(25-12(3)4)7-13(5)19(15)20/h11-20H,7-10H2,1-6H3,(H,21,22)/p-1. The highest BCUT2D eigenvalue weighted by Crippen LogP contribution is 2.57. The molecule has 8 atom stereocenters. The van der Waals surface area contributed by atoms with Crippen LogP contribution in [0.2, 0.25) is 0 Å². The molecule has 1 aliphatic heterocycles. The summed E-state index contributed by atoms with van der Waals surface area (Å²) in [6.45, 7) is 7.77. The van der Waals surface area contributed by atoms with E-state index in [0.29, 0.717) is 19.4 Å². The van der Waals surface area contributed by atoms with Crippen molar-refractivity contribution in [2.24, 2.45) is 11.8 Å². The quantitative estimate of drug-likeness (QED) is 0.519. The Labute approximate surface area is 173 Å². The molecule has 1 heterocycles. The number of hydrogen-bond acceptors (Lipinski definition) is 8. The molecule has 28 heavy (non-hydrogen) atoms. The van der Waals surface area contributed by atoms with E-state index in [0.717, 1.165) is 11.4 Å². The van der Waals surface area contributed by atoms with E-state index >= 15 is 0 Å². The molecule has 8 unspecified atom stereocenters. The van der Waals surface area contributed by atoms with Crippen LogP contribution in [-0.2, 0) is 23.3 Å². The predicted octanol–water partition coefficient (Wildman–Crippen LogP) is 2.99. The summed E-state index contributed by atoms with van der Waals surface area (Å²) in [6, 6.07) is 0. The summed E-state index contributed by atoms with van der Waals surface area (Å²) in [5.41, 5.74) is 0. The van der Waals surface area contributed by atoms with Gasteiger partial charge in [0.15, 0.2) is 6.80 Å². The molecular weight excluding hydrogens is 403 g/mol. The summed E-state index contributed by atoms with van der Waals surface area (Å²) in [6.07, 6.45) is 0.289. The third-order valence-electron chi connectivity index (χ3n) is 5.22. The van der Waals surface area contributed by atoms with Crippen LogP contribution in [0.3, 0.4) is 0 Å². The minimum atomic E-state index is -4.15. The third kappa shape index (κ3) is 7.24. The SMILES string of the molecule is CC(C)OCC1OC(C)CC1SP(=O)([O-])OCC1C(OC(C)C)CC(C)C1O. The zero-order chi connectivity index (χ0) is 21.1. The van der Waals surface area contributed by atoms with E-state index in [1.54, 1.807) is 0 Å². The fraction of sp³-hybridized carbons (Fsp3) is 1.00. The molecule has 0 bridgehead atoms. The monoisotopic (exact) mass is 439 g/mol. The molecule has 0 amide bonds. The first kappa shape index (κ1) is 24.6. The predicted molar refractivity (Wildman–Crippen MR) is 108 cm³/mol. The number of hydrogen-bond donors (Lipinski definition) is 1. The fourth-order valence-corrected chi connectivity index (χ4v) is 7.28. The lowest BCUT2D eigenvalue weighted by atomic mass is 10.0. The van der Waals surface area contributed by atoms with Crippen LogP contribution in [0.4, 0.5) is 0 Å². The first-order valence-corrected chi connectivity index (χ1v) is 13.3. The van der Waals surface area contributed by atoms with Gasteiger partial charge >= 0.3 is 0 Å². The second-order valence-corrected chi connectivity index (χ2v) is 12.5. The molecule has 0 spiro atoms. The molecule has 1 N–H and O–H groups in total. The van der Waals surface area contributed by atoms with Gasteiger partial charge in [0.1, 0.15) is 0 Å². The van der Waals surface area contributed by atoms with Gasteiger partial charge in [-0.15, -0.1) is 0 Å². The van der Waals surface area contributed by atoms with Crippen molar-refractivity contribution in [1.29, 1.82) is 0 Å². The van der Waals surface area contributed by atoms with Crippen molar-refractivity contribution in [1.82, 2.24) is 0 Å². The summed E-state index contributed by atoms with van der Waals surface area (Å²) in [4.78, 5) is 12.6. The lowest BCUT2D eigenvalue weighted by molar-refractivity contribution is -0.192. The largest absolute Gasteiger partial charge is 0.770 e. The lowest BCUT2D eigenvalue weighted by Gasteiger charge is -2.31. The van der Waals surface area contributed by atoms with Crippen molar-refractivity contribution in [3.05, 3.63) is 0 Å². The van der Waals surface area contributed by atoms with Crippen LogP contribution in [0, 0.1) is 11.8 Å². The van der Waals surface area contributed by atoms with E-state index in [1.165, 1.54) is 0 Å². The average Bonchev–Trinajstić information content (AvgIpc) is 3.02. The van der Waals surface area contributed by atoms with Crippen molar-refractivity contribution in [3.63, 3.8) is 0 Å². The highest BCUT2D eigenvalue weighted by atomic mass is 32.7. The van der Waals surface area contributed by atoms with Gasteiger partial charge in [0.25, 0.3) is 0 Å². The summed E-state index contributed by atoms with van der Waals surface area (Å²) in [5.74, 6) is -0.295. The maximum atomic E-state index is 12.6.